The molecular formula is C15H15ClO3S. The van der Waals surface area contributed by atoms with E-state index in [2.05, 4.69) is 0 Å². The van der Waals surface area contributed by atoms with E-state index in [0.717, 1.165) is 16.2 Å². The van der Waals surface area contributed by atoms with Gasteiger partial charge in [0.25, 0.3) is 0 Å². The molecule has 0 aliphatic carbocycles. The number of aryl methyl sites for hydroxylation is 1. The summed E-state index contributed by atoms with van der Waals surface area (Å²) in [5.74, 6) is 0.522. The van der Waals surface area contributed by atoms with Crippen LogP contribution in [0.15, 0.2) is 36.4 Å². The first-order valence-corrected chi connectivity index (χ1v) is 7.43. The minimum Gasteiger partial charge on any atom is -0.493 e. The Hall–Kier alpha value is -1.52. The van der Waals surface area contributed by atoms with E-state index in [1.807, 2.05) is 37.3 Å². The van der Waals surface area contributed by atoms with Crippen molar-refractivity contribution in [3.63, 3.8) is 0 Å². The van der Waals surface area contributed by atoms with Crippen LogP contribution >= 0.6 is 22.9 Å². The predicted molar refractivity (Wildman–Crippen MR) is 80.4 cm³/mol. The Bertz CT molecular complexity index is 580. The number of halogens is 1. The van der Waals surface area contributed by atoms with Crippen molar-refractivity contribution in [2.75, 3.05) is 6.61 Å². The van der Waals surface area contributed by atoms with Gasteiger partial charge in [-0.2, -0.15) is 0 Å². The van der Waals surface area contributed by atoms with Gasteiger partial charge in [0.05, 0.1) is 17.4 Å². The molecule has 0 amide bonds. The van der Waals surface area contributed by atoms with Crippen molar-refractivity contribution < 1.29 is 14.3 Å². The van der Waals surface area contributed by atoms with E-state index in [1.165, 1.54) is 11.3 Å². The van der Waals surface area contributed by atoms with Crippen molar-refractivity contribution in [3.8, 4) is 5.75 Å². The molecule has 2 aromatic rings. The molecule has 0 bridgehead atoms. The summed E-state index contributed by atoms with van der Waals surface area (Å²) < 4.78 is 11.4. The van der Waals surface area contributed by atoms with Crippen molar-refractivity contribution in [1.82, 2.24) is 0 Å². The number of carbonyl (C=O) groups excluding carboxylic acids is 1. The Kier molecular flexibility index (Phi) is 5.44. The summed E-state index contributed by atoms with van der Waals surface area (Å²) in [6.07, 6.45) is 0.230. The van der Waals surface area contributed by atoms with E-state index >= 15 is 0 Å². The average molecular weight is 311 g/mol. The number of carbonyl (C=O) groups is 1. The fourth-order valence-electron chi connectivity index (χ4n) is 1.62. The maximum Gasteiger partial charge on any atom is 0.309 e. The SMILES string of the molecule is Cc1ccccc1OCCC(=O)OCc1ccc(Cl)s1. The standard InChI is InChI=1S/C15H15ClO3S/c1-11-4-2-3-5-13(11)18-9-8-15(17)19-10-12-6-7-14(16)20-12/h2-7H,8-10H2,1H3. The Morgan fingerprint density at radius 2 is 2.05 bits per heavy atom. The monoisotopic (exact) mass is 310 g/mol. The van der Waals surface area contributed by atoms with Crippen LogP contribution in [0, 0.1) is 6.92 Å². The molecule has 0 atom stereocenters. The summed E-state index contributed by atoms with van der Waals surface area (Å²) in [6.45, 7) is 2.55. The molecular weight excluding hydrogens is 296 g/mol. The number of para-hydroxylation sites is 1. The zero-order chi connectivity index (χ0) is 14.4. The van der Waals surface area contributed by atoms with Gasteiger partial charge in [0.15, 0.2) is 0 Å². The van der Waals surface area contributed by atoms with Crippen LogP contribution in [0.2, 0.25) is 4.34 Å². The van der Waals surface area contributed by atoms with Gasteiger partial charge in [-0.15, -0.1) is 11.3 Å². The second-order valence-corrected chi connectivity index (χ2v) is 6.03. The van der Waals surface area contributed by atoms with E-state index in [0.29, 0.717) is 10.9 Å². The van der Waals surface area contributed by atoms with Gasteiger partial charge >= 0.3 is 5.97 Å². The van der Waals surface area contributed by atoms with Gasteiger partial charge in [-0.05, 0) is 30.7 Å². The topological polar surface area (TPSA) is 35.5 Å². The minimum absolute atomic E-state index is 0.230. The third-order valence-electron chi connectivity index (χ3n) is 2.66. The number of esters is 1. The molecule has 0 N–H and O–H groups in total. The third kappa shape index (κ3) is 4.54. The minimum atomic E-state index is -0.275. The van der Waals surface area contributed by atoms with Crippen LogP contribution in [0.4, 0.5) is 0 Å². The molecule has 0 fully saturated rings. The smallest absolute Gasteiger partial charge is 0.309 e. The van der Waals surface area contributed by atoms with Crippen molar-refractivity contribution in [1.29, 1.82) is 0 Å². The number of hydrogen-bond donors (Lipinski definition) is 0. The van der Waals surface area contributed by atoms with Gasteiger partial charge in [0.1, 0.15) is 12.4 Å². The summed E-state index contributed by atoms with van der Waals surface area (Å²) in [5.41, 5.74) is 1.05. The lowest BCUT2D eigenvalue weighted by Crippen LogP contribution is -2.09. The molecule has 0 saturated carbocycles. The van der Waals surface area contributed by atoms with Crippen molar-refractivity contribution in [2.45, 2.75) is 20.0 Å². The maximum absolute atomic E-state index is 11.6. The number of ether oxygens (including phenoxy) is 2. The second-order valence-electron chi connectivity index (χ2n) is 4.23. The highest BCUT2D eigenvalue weighted by Gasteiger charge is 2.06. The molecule has 1 aromatic carbocycles. The van der Waals surface area contributed by atoms with E-state index < -0.39 is 0 Å². The first kappa shape index (κ1) is 14.9. The molecule has 106 valence electrons. The molecule has 0 aliphatic rings. The first-order valence-electron chi connectivity index (χ1n) is 6.23. The van der Waals surface area contributed by atoms with Gasteiger partial charge in [0.2, 0.25) is 0 Å². The van der Waals surface area contributed by atoms with E-state index in [1.54, 1.807) is 6.07 Å². The highest BCUT2D eigenvalue weighted by molar-refractivity contribution is 7.16. The molecule has 0 saturated heterocycles. The fourth-order valence-corrected chi connectivity index (χ4v) is 2.62. The van der Waals surface area contributed by atoms with Crippen LogP contribution in [0.25, 0.3) is 0 Å². The molecule has 0 aliphatic heterocycles. The van der Waals surface area contributed by atoms with Gasteiger partial charge < -0.3 is 9.47 Å². The number of benzene rings is 1. The highest BCUT2D eigenvalue weighted by Crippen LogP contribution is 2.22. The quantitative estimate of drug-likeness (QED) is 0.749. The molecule has 20 heavy (non-hydrogen) atoms. The molecule has 0 radical (unpaired) electrons. The fraction of sp³-hybridized carbons (Fsp3) is 0.267. The second kappa shape index (κ2) is 7.31. The highest BCUT2D eigenvalue weighted by atomic mass is 35.5. The van der Waals surface area contributed by atoms with Gasteiger partial charge in [-0.1, -0.05) is 29.8 Å². The largest absolute Gasteiger partial charge is 0.493 e. The summed E-state index contributed by atoms with van der Waals surface area (Å²) in [4.78, 5) is 12.5. The number of hydrogen-bond acceptors (Lipinski definition) is 4. The zero-order valence-corrected chi connectivity index (χ0v) is 12.7. The Balaban J connectivity index is 1.69. The molecule has 5 heteroatoms. The normalized spacial score (nSPS) is 10.3. The molecule has 3 nitrogen and oxygen atoms in total. The Morgan fingerprint density at radius 3 is 2.75 bits per heavy atom. The molecule has 0 spiro atoms. The third-order valence-corrected chi connectivity index (χ3v) is 3.87. The van der Waals surface area contributed by atoms with Crippen LogP contribution in [-0.2, 0) is 16.1 Å². The molecule has 0 unspecified atom stereocenters. The van der Waals surface area contributed by atoms with Crippen LogP contribution < -0.4 is 4.74 Å². The average Bonchev–Trinajstić information content (AvgIpc) is 2.84. The number of thiophene rings is 1. The van der Waals surface area contributed by atoms with Crippen LogP contribution in [0.3, 0.4) is 0 Å². The van der Waals surface area contributed by atoms with Crippen LogP contribution in [0.5, 0.6) is 5.75 Å². The van der Waals surface area contributed by atoms with Crippen molar-refractivity contribution >= 4 is 28.9 Å². The summed E-state index contributed by atoms with van der Waals surface area (Å²) in [7, 11) is 0. The van der Waals surface area contributed by atoms with Gasteiger partial charge in [-0.3, -0.25) is 4.79 Å². The van der Waals surface area contributed by atoms with E-state index in [4.69, 9.17) is 21.1 Å². The van der Waals surface area contributed by atoms with Crippen LogP contribution in [0.1, 0.15) is 16.9 Å². The van der Waals surface area contributed by atoms with E-state index in [-0.39, 0.29) is 19.0 Å². The lowest BCUT2D eigenvalue weighted by molar-refractivity contribution is -0.145. The lowest BCUT2D eigenvalue weighted by atomic mass is 10.2. The predicted octanol–water partition coefficient (Wildman–Crippen LogP) is 4.22. The van der Waals surface area contributed by atoms with Crippen molar-refractivity contribution in [3.05, 3.63) is 51.2 Å². The number of rotatable bonds is 6. The maximum atomic E-state index is 11.6. The van der Waals surface area contributed by atoms with Crippen LogP contribution in [-0.4, -0.2) is 12.6 Å². The zero-order valence-electron chi connectivity index (χ0n) is 11.1. The summed E-state index contributed by atoms with van der Waals surface area (Å²) in [5, 5.41) is 0. The molecule has 2 rings (SSSR count). The first-order chi connectivity index (χ1) is 9.65. The lowest BCUT2D eigenvalue weighted by Gasteiger charge is -2.08. The summed E-state index contributed by atoms with van der Waals surface area (Å²) in [6, 6.07) is 11.3. The Morgan fingerprint density at radius 1 is 1.25 bits per heavy atom. The summed E-state index contributed by atoms with van der Waals surface area (Å²) >= 11 is 7.21. The molecule has 1 heterocycles. The van der Waals surface area contributed by atoms with E-state index in [9.17, 15) is 4.79 Å². The Labute approximate surface area is 127 Å². The van der Waals surface area contributed by atoms with Gasteiger partial charge in [0, 0.05) is 4.88 Å². The van der Waals surface area contributed by atoms with Crippen molar-refractivity contribution in [2.24, 2.45) is 0 Å². The molecule has 1 aromatic heterocycles. The van der Waals surface area contributed by atoms with Gasteiger partial charge in [-0.25, -0.2) is 0 Å².